The molecule has 138 valence electrons. The minimum absolute atomic E-state index is 0.0875. The molecule has 0 radical (unpaired) electrons. The monoisotopic (exact) mass is 364 g/mol. The third-order valence-corrected chi connectivity index (χ3v) is 4.82. The van der Waals surface area contributed by atoms with Crippen LogP contribution in [0.1, 0.15) is 11.5 Å². The Morgan fingerprint density at radius 2 is 1.74 bits per heavy atom. The van der Waals surface area contributed by atoms with E-state index in [9.17, 15) is 10.1 Å². The van der Waals surface area contributed by atoms with E-state index in [1.165, 1.54) is 6.07 Å². The molecule has 3 heterocycles. The van der Waals surface area contributed by atoms with E-state index in [1.54, 1.807) is 18.3 Å². The van der Waals surface area contributed by atoms with Crippen LogP contribution in [-0.2, 0) is 0 Å². The van der Waals surface area contributed by atoms with Gasteiger partial charge in [0.15, 0.2) is 0 Å². The third kappa shape index (κ3) is 3.38. The van der Waals surface area contributed by atoms with Crippen molar-refractivity contribution in [2.24, 2.45) is 0 Å². The molecule has 1 fully saturated rings. The normalized spacial score (nSPS) is 14.6. The highest BCUT2D eigenvalue weighted by Gasteiger charge is 2.21. The first-order valence-corrected chi connectivity index (χ1v) is 8.86. The van der Waals surface area contributed by atoms with Crippen LogP contribution in [0.15, 0.2) is 36.5 Å². The number of benzene rings is 1. The van der Waals surface area contributed by atoms with Gasteiger partial charge in [-0.2, -0.15) is 0 Å². The molecule has 4 rings (SSSR count). The number of aromatic nitrogens is 3. The van der Waals surface area contributed by atoms with Crippen molar-refractivity contribution < 1.29 is 4.92 Å². The van der Waals surface area contributed by atoms with Crippen LogP contribution in [-0.4, -0.2) is 46.1 Å². The van der Waals surface area contributed by atoms with Gasteiger partial charge in [-0.15, -0.1) is 0 Å². The molecule has 0 amide bonds. The van der Waals surface area contributed by atoms with Gasteiger partial charge < -0.3 is 9.80 Å². The average molecular weight is 364 g/mol. The summed E-state index contributed by atoms with van der Waals surface area (Å²) in [5.74, 6) is 1.70. The fraction of sp³-hybridized carbons (Fsp3) is 0.316. The zero-order valence-corrected chi connectivity index (χ0v) is 15.3. The molecule has 1 aliphatic rings. The maximum Gasteiger partial charge on any atom is 0.270 e. The Morgan fingerprint density at radius 3 is 2.44 bits per heavy atom. The molecule has 0 spiro atoms. The van der Waals surface area contributed by atoms with Gasteiger partial charge in [-0.05, 0) is 32.0 Å². The van der Waals surface area contributed by atoms with Crippen molar-refractivity contribution in [3.63, 3.8) is 0 Å². The van der Waals surface area contributed by atoms with Gasteiger partial charge in [0, 0.05) is 61.3 Å². The summed E-state index contributed by atoms with van der Waals surface area (Å²) in [6.07, 6.45) is 1.78. The minimum Gasteiger partial charge on any atom is -0.367 e. The zero-order chi connectivity index (χ0) is 19.0. The van der Waals surface area contributed by atoms with Gasteiger partial charge in [0.2, 0.25) is 0 Å². The molecule has 8 nitrogen and oxygen atoms in total. The molecule has 0 unspecified atom stereocenters. The molecule has 3 aromatic rings. The Hall–Kier alpha value is -3.29. The second-order valence-electron chi connectivity index (χ2n) is 6.68. The molecular formula is C19H20N6O2. The summed E-state index contributed by atoms with van der Waals surface area (Å²) in [5, 5.41) is 12.0. The van der Waals surface area contributed by atoms with Crippen LogP contribution in [0, 0.1) is 24.0 Å². The lowest BCUT2D eigenvalue weighted by molar-refractivity contribution is -0.384. The Morgan fingerprint density at radius 1 is 1.00 bits per heavy atom. The highest BCUT2D eigenvalue weighted by molar-refractivity contribution is 5.93. The average Bonchev–Trinajstić information content (AvgIpc) is 2.67. The van der Waals surface area contributed by atoms with E-state index in [4.69, 9.17) is 0 Å². The number of hydrogen-bond acceptors (Lipinski definition) is 7. The van der Waals surface area contributed by atoms with Crippen molar-refractivity contribution in [1.29, 1.82) is 0 Å². The highest BCUT2D eigenvalue weighted by Crippen LogP contribution is 2.31. The van der Waals surface area contributed by atoms with Crippen molar-refractivity contribution in [3.05, 3.63) is 58.2 Å². The molecule has 27 heavy (non-hydrogen) atoms. The summed E-state index contributed by atoms with van der Waals surface area (Å²) in [4.78, 5) is 28.5. The van der Waals surface area contributed by atoms with Crippen molar-refractivity contribution in [2.75, 3.05) is 36.0 Å². The number of hydrogen-bond donors (Lipinski definition) is 0. The number of rotatable bonds is 3. The fourth-order valence-electron chi connectivity index (χ4n) is 3.50. The number of pyridine rings is 1. The molecule has 0 saturated carbocycles. The van der Waals surface area contributed by atoms with Gasteiger partial charge in [-0.25, -0.2) is 9.97 Å². The molecule has 0 N–H and O–H groups in total. The van der Waals surface area contributed by atoms with Crippen LogP contribution < -0.4 is 9.80 Å². The van der Waals surface area contributed by atoms with Crippen LogP contribution in [0.2, 0.25) is 0 Å². The van der Waals surface area contributed by atoms with Crippen molar-refractivity contribution in [3.8, 4) is 0 Å². The van der Waals surface area contributed by atoms with Crippen LogP contribution in [0.5, 0.6) is 0 Å². The highest BCUT2D eigenvalue weighted by atomic mass is 16.6. The molecule has 1 aromatic carbocycles. The van der Waals surface area contributed by atoms with E-state index in [-0.39, 0.29) is 10.6 Å². The minimum atomic E-state index is -0.363. The Labute approximate surface area is 156 Å². The lowest BCUT2D eigenvalue weighted by atomic mass is 10.1. The van der Waals surface area contributed by atoms with Crippen molar-refractivity contribution >= 4 is 28.1 Å². The van der Waals surface area contributed by atoms with Crippen molar-refractivity contribution in [2.45, 2.75) is 13.8 Å². The number of piperazine rings is 1. The summed E-state index contributed by atoms with van der Waals surface area (Å²) < 4.78 is 0. The van der Waals surface area contributed by atoms with Crippen LogP contribution >= 0.6 is 0 Å². The molecule has 0 aliphatic carbocycles. The predicted molar refractivity (Wildman–Crippen MR) is 104 cm³/mol. The Balaban J connectivity index is 1.63. The number of nitro groups is 1. The summed E-state index contributed by atoms with van der Waals surface area (Å²) in [6.45, 7) is 7.11. The molecule has 1 aliphatic heterocycles. The lowest BCUT2D eigenvalue weighted by Crippen LogP contribution is -2.47. The molecule has 0 atom stereocenters. The van der Waals surface area contributed by atoms with Crippen LogP contribution in [0.3, 0.4) is 0 Å². The largest absolute Gasteiger partial charge is 0.367 e. The maximum atomic E-state index is 11.2. The number of nitro benzene ring substituents is 1. The SMILES string of the molecule is Cc1cc(N2CCN(c3ccnc(C)n3)CC2)c2cc([N+](=O)[O-])ccc2n1. The number of nitrogens with zero attached hydrogens (tertiary/aromatic N) is 6. The first-order chi connectivity index (χ1) is 13.0. The van der Waals surface area contributed by atoms with Crippen LogP contribution in [0.4, 0.5) is 17.2 Å². The van der Waals surface area contributed by atoms with E-state index >= 15 is 0 Å². The Kier molecular flexibility index (Phi) is 4.31. The standard InChI is InChI=1S/C19H20N6O2/c1-13-11-18(16-12-15(25(26)27)3-4-17(16)21-13)23-7-9-24(10-8-23)19-5-6-20-14(2)22-19/h3-6,11-12H,7-10H2,1-2H3. The molecule has 1 saturated heterocycles. The second-order valence-corrected chi connectivity index (χ2v) is 6.68. The first kappa shape index (κ1) is 17.1. The number of fused-ring (bicyclic) bond motifs is 1. The van der Waals surface area contributed by atoms with Gasteiger partial charge >= 0.3 is 0 Å². The molecule has 0 bridgehead atoms. The lowest BCUT2D eigenvalue weighted by Gasteiger charge is -2.37. The zero-order valence-electron chi connectivity index (χ0n) is 15.3. The summed E-state index contributed by atoms with van der Waals surface area (Å²) >= 11 is 0. The van der Waals surface area contributed by atoms with E-state index in [2.05, 4.69) is 24.8 Å². The molecule has 8 heteroatoms. The van der Waals surface area contributed by atoms with Gasteiger partial charge in [-0.3, -0.25) is 15.1 Å². The molecule has 2 aromatic heterocycles. The van der Waals surface area contributed by atoms with Crippen LogP contribution in [0.25, 0.3) is 10.9 Å². The van der Waals surface area contributed by atoms with E-state index < -0.39 is 0 Å². The van der Waals surface area contributed by atoms with Crippen molar-refractivity contribution in [1.82, 2.24) is 15.0 Å². The van der Waals surface area contributed by atoms with E-state index in [0.717, 1.165) is 60.1 Å². The number of aryl methyl sites for hydroxylation is 2. The van der Waals surface area contributed by atoms with Gasteiger partial charge in [0.1, 0.15) is 11.6 Å². The summed E-state index contributed by atoms with van der Waals surface area (Å²) in [6, 6.07) is 8.80. The quantitative estimate of drug-likeness (QED) is 0.521. The predicted octanol–water partition coefficient (Wildman–Crippen LogP) is 2.88. The first-order valence-electron chi connectivity index (χ1n) is 8.86. The summed E-state index contributed by atoms with van der Waals surface area (Å²) in [5.41, 5.74) is 2.77. The summed E-state index contributed by atoms with van der Waals surface area (Å²) in [7, 11) is 0. The molecular weight excluding hydrogens is 344 g/mol. The Bertz CT molecular complexity index is 1010. The van der Waals surface area contributed by atoms with E-state index in [0.29, 0.717) is 0 Å². The third-order valence-electron chi connectivity index (χ3n) is 4.82. The maximum absolute atomic E-state index is 11.2. The number of non-ortho nitro benzene ring substituents is 1. The van der Waals surface area contributed by atoms with Gasteiger partial charge in [0.25, 0.3) is 5.69 Å². The fourth-order valence-corrected chi connectivity index (χ4v) is 3.50. The van der Waals surface area contributed by atoms with Gasteiger partial charge in [-0.1, -0.05) is 0 Å². The van der Waals surface area contributed by atoms with E-state index in [1.807, 2.05) is 26.0 Å². The van der Waals surface area contributed by atoms with Gasteiger partial charge in [0.05, 0.1) is 10.4 Å². The second kappa shape index (κ2) is 6.79. The number of anilines is 2. The smallest absolute Gasteiger partial charge is 0.270 e. The topological polar surface area (TPSA) is 88.3 Å².